The molecule has 0 N–H and O–H groups in total. The van der Waals surface area contributed by atoms with Crippen molar-refractivity contribution in [1.82, 2.24) is 0 Å². The number of hydrogen-bond donors (Lipinski definition) is 0. The Balaban J connectivity index is 2.39. The fourth-order valence-corrected chi connectivity index (χ4v) is 1.87. The zero-order valence-corrected chi connectivity index (χ0v) is 10.8. The first-order valence-electron chi connectivity index (χ1n) is 6.33. The summed E-state index contributed by atoms with van der Waals surface area (Å²) in [6.07, 6.45) is 10.5. The van der Waals surface area contributed by atoms with E-state index in [2.05, 4.69) is 32.9 Å². The molecular formula is C14H24O2. The van der Waals surface area contributed by atoms with Crippen LogP contribution in [0.15, 0.2) is 12.2 Å². The maximum absolute atomic E-state index is 11.7. The first kappa shape index (κ1) is 13.3. The number of carbonyl (C=O) groups excluding carboxylic acids is 1. The van der Waals surface area contributed by atoms with Crippen molar-refractivity contribution >= 4 is 5.97 Å². The number of ether oxygens (including phenoxy) is 1. The minimum Gasteiger partial charge on any atom is -0.458 e. The molecule has 1 rings (SSSR count). The Bertz CT molecular complexity index is 248. The Labute approximate surface area is 99.1 Å². The average Bonchev–Trinajstić information content (AvgIpc) is 2.06. The van der Waals surface area contributed by atoms with Crippen molar-refractivity contribution < 1.29 is 9.53 Å². The molecule has 0 fully saturated rings. The third kappa shape index (κ3) is 5.94. The third-order valence-electron chi connectivity index (χ3n) is 2.67. The van der Waals surface area contributed by atoms with Gasteiger partial charge in [-0.15, -0.1) is 0 Å². The molecule has 1 atom stereocenters. The van der Waals surface area contributed by atoms with Crippen molar-refractivity contribution in [3.63, 3.8) is 0 Å². The van der Waals surface area contributed by atoms with Gasteiger partial charge in [0.05, 0.1) is 6.42 Å². The van der Waals surface area contributed by atoms with Crippen molar-refractivity contribution in [2.45, 2.75) is 65.4 Å². The second-order valence-electron chi connectivity index (χ2n) is 5.83. The van der Waals surface area contributed by atoms with Gasteiger partial charge in [-0.1, -0.05) is 33.3 Å². The van der Waals surface area contributed by atoms with Crippen LogP contribution in [0.2, 0.25) is 0 Å². The second-order valence-corrected chi connectivity index (χ2v) is 5.83. The molecule has 0 aromatic rings. The van der Waals surface area contributed by atoms with E-state index in [0.717, 1.165) is 19.3 Å². The molecule has 0 aliphatic heterocycles. The molecule has 1 aliphatic rings. The lowest BCUT2D eigenvalue weighted by Gasteiger charge is -2.20. The number of rotatable bonds is 2. The summed E-state index contributed by atoms with van der Waals surface area (Å²) < 4.78 is 5.48. The molecule has 0 aromatic heterocycles. The molecule has 0 spiro atoms. The Kier molecular flexibility index (Phi) is 5.04. The normalized spacial score (nSPS) is 24.3. The molecule has 0 radical (unpaired) electrons. The number of esters is 1. The van der Waals surface area contributed by atoms with Crippen molar-refractivity contribution in [2.75, 3.05) is 0 Å². The van der Waals surface area contributed by atoms with Crippen LogP contribution < -0.4 is 0 Å². The standard InChI is InChI=1S/C14H24O2/c1-14(2,3)11-13(15)16-12-9-7-5-4-6-8-10-12/h7,9,12H,4-6,8,10-11H2,1-3H3/b9-7+. The van der Waals surface area contributed by atoms with Crippen LogP contribution in [0, 0.1) is 5.41 Å². The molecule has 2 nitrogen and oxygen atoms in total. The summed E-state index contributed by atoms with van der Waals surface area (Å²) in [6.45, 7) is 6.17. The van der Waals surface area contributed by atoms with Crippen molar-refractivity contribution in [2.24, 2.45) is 5.41 Å². The summed E-state index contributed by atoms with van der Waals surface area (Å²) in [7, 11) is 0. The van der Waals surface area contributed by atoms with Gasteiger partial charge in [0.15, 0.2) is 0 Å². The van der Waals surface area contributed by atoms with Crippen LogP contribution in [0.4, 0.5) is 0 Å². The molecule has 16 heavy (non-hydrogen) atoms. The fourth-order valence-electron chi connectivity index (χ4n) is 1.87. The van der Waals surface area contributed by atoms with E-state index >= 15 is 0 Å². The lowest BCUT2D eigenvalue weighted by Crippen LogP contribution is -2.21. The zero-order valence-electron chi connectivity index (χ0n) is 10.8. The quantitative estimate of drug-likeness (QED) is 0.526. The highest BCUT2D eigenvalue weighted by molar-refractivity contribution is 5.70. The Morgan fingerprint density at radius 2 is 2.06 bits per heavy atom. The third-order valence-corrected chi connectivity index (χ3v) is 2.67. The fraction of sp³-hybridized carbons (Fsp3) is 0.786. The molecule has 92 valence electrons. The molecule has 1 aliphatic carbocycles. The second kappa shape index (κ2) is 6.07. The van der Waals surface area contributed by atoms with Crippen LogP contribution in [0.1, 0.15) is 59.3 Å². The van der Waals surface area contributed by atoms with Gasteiger partial charge in [0, 0.05) is 0 Å². The molecule has 0 saturated carbocycles. The van der Waals surface area contributed by atoms with Crippen LogP contribution in [0.3, 0.4) is 0 Å². The summed E-state index contributed by atoms with van der Waals surface area (Å²) in [5, 5.41) is 0. The molecule has 0 saturated heterocycles. The lowest BCUT2D eigenvalue weighted by atomic mass is 9.92. The predicted molar refractivity (Wildman–Crippen MR) is 66.2 cm³/mol. The van der Waals surface area contributed by atoms with E-state index in [1.807, 2.05) is 0 Å². The molecule has 0 heterocycles. The zero-order chi connectivity index (χ0) is 12.0. The summed E-state index contributed by atoms with van der Waals surface area (Å²) >= 11 is 0. The van der Waals surface area contributed by atoms with Gasteiger partial charge in [-0.2, -0.15) is 0 Å². The van der Waals surface area contributed by atoms with Crippen molar-refractivity contribution in [3.8, 4) is 0 Å². The number of allylic oxidation sites excluding steroid dienone is 1. The van der Waals surface area contributed by atoms with Gasteiger partial charge in [-0.25, -0.2) is 0 Å². The van der Waals surface area contributed by atoms with E-state index in [-0.39, 0.29) is 17.5 Å². The molecule has 0 aromatic carbocycles. The van der Waals surface area contributed by atoms with E-state index in [0.29, 0.717) is 6.42 Å². The monoisotopic (exact) mass is 224 g/mol. The van der Waals surface area contributed by atoms with E-state index in [9.17, 15) is 4.79 Å². The Morgan fingerprint density at radius 1 is 1.31 bits per heavy atom. The van der Waals surface area contributed by atoms with Gasteiger partial charge in [-0.3, -0.25) is 4.79 Å². The van der Waals surface area contributed by atoms with Gasteiger partial charge in [0.1, 0.15) is 6.10 Å². The highest BCUT2D eigenvalue weighted by Gasteiger charge is 2.19. The molecular weight excluding hydrogens is 200 g/mol. The van der Waals surface area contributed by atoms with Gasteiger partial charge < -0.3 is 4.74 Å². The van der Waals surface area contributed by atoms with Gasteiger partial charge >= 0.3 is 5.97 Å². The van der Waals surface area contributed by atoms with Crippen LogP contribution >= 0.6 is 0 Å². The largest absolute Gasteiger partial charge is 0.458 e. The first-order chi connectivity index (χ1) is 7.47. The average molecular weight is 224 g/mol. The molecule has 0 amide bonds. The minimum atomic E-state index is -0.0669. The highest BCUT2D eigenvalue weighted by atomic mass is 16.5. The van der Waals surface area contributed by atoms with Crippen LogP contribution in [-0.4, -0.2) is 12.1 Å². The van der Waals surface area contributed by atoms with Gasteiger partial charge in [0.25, 0.3) is 0 Å². The van der Waals surface area contributed by atoms with Gasteiger partial charge in [0.2, 0.25) is 0 Å². The molecule has 2 heteroatoms. The number of hydrogen-bond acceptors (Lipinski definition) is 2. The topological polar surface area (TPSA) is 26.3 Å². The van der Waals surface area contributed by atoms with Crippen LogP contribution in [0.25, 0.3) is 0 Å². The Hall–Kier alpha value is -0.790. The highest BCUT2D eigenvalue weighted by Crippen LogP contribution is 2.21. The van der Waals surface area contributed by atoms with Crippen molar-refractivity contribution in [3.05, 3.63) is 12.2 Å². The van der Waals surface area contributed by atoms with Crippen molar-refractivity contribution in [1.29, 1.82) is 0 Å². The number of carbonyl (C=O) groups is 1. The first-order valence-corrected chi connectivity index (χ1v) is 6.33. The van der Waals surface area contributed by atoms with Crippen LogP contribution in [0.5, 0.6) is 0 Å². The SMILES string of the molecule is CC(C)(C)CC(=O)OC1/C=C/CCCCC1. The smallest absolute Gasteiger partial charge is 0.306 e. The van der Waals surface area contributed by atoms with E-state index in [4.69, 9.17) is 4.74 Å². The summed E-state index contributed by atoms with van der Waals surface area (Å²) in [4.78, 5) is 11.7. The molecule has 1 unspecified atom stereocenters. The summed E-state index contributed by atoms with van der Waals surface area (Å²) in [6, 6.07) is 0. The van der Waals surface area contributed by atoms with E-state index in [1.54, 1.807) is 0 Å². The predicted octanol–water partition coefficient (Wildman–Crippen LogP) is 3.85. The minimum absolute atomic E-state index is 0.00940. The van der Waals surface area contributed by atoms with Gasteiger partial charge in [-0.05, 0) is 37.2 Å². The van der Waals surface area contributed by atoms with E-state index in [1.165, 1.54) is 12.8 Å². The molecule has 0 bridgehead atoms. The maximum Gasteiger partial charge on any atom is 0.306 e. The summed E-state index contributed by atoms with van der Waals surface area (Å²) in [5.41, 5.74) is 0.0163. The lowest BCUT2D eigenvalue weighted by molar-refractivity contribution is -0.149. The Morgan fingerprint density at radius 3 is 2.75 bits per heavy atom. The van der Waals surface area contributed by atoms with Crippen LogP contribution in [-0.2, 0) is 9.53 Å². The maximum atomic E-state index is 11.7. The summed E-state index contributed by atoms with van der Waals surface area (Å²) in [5.74, 6) is -0.0669. The van der Waals surface area contributed by atoms with E-state index < -0.39 is 0 Å².